The number of carbonyl (C=O) groups excluding carboxylic acids is 1. The largest absolute Gasteiger partial charge is 0.417 e. The average molecular weight is 210 g/mol. The first kappa shape index (κ1) is 9.09. The third-order valence-electron chi connectivity index (χ3n) is 2.10. The highest BCUT2D eigenvalue weighted by molar-refractivity contribution is 6.35. The van der Waals surface area contributed by atoms with E-state index in [-0.39, 0.29) is 0 Å². The van der Waals surface area contributed by atoms with Crippen LogP contribution >= 0.6 is 11.6 Å². The number of fused-ring (bicyclic) bond motifs is 1. The molecule has 0 aliphatic rings. The summed E-state index contributed by atoms with van der Waals surface area (Å²) in [5.74, 6) is 0. The van der Waals surface area contributed by atoms with Crippen molar-refractivity contribution in [3.63, 3.8) is 0 Å². The van der Waals surface area contributed by atoms with Crippen LogP contribution in [-0.2, 0) is 0 Å². The minimum absolute atomic E-state index is 0.566. The van der Waals surface area contributed by atoms with Crippen molar-refractivity contribution >= 4 is 28.8 Å². The SMILES string of the molecule is COn1cc(Cl)c2cccc(C=O)c21. The summed E-state index contributed by atoms with van der Waals surface area (Å²) in [5, 5.41) is 1.39. The Morgan fingerprint density at radius 2 is 2.29 bits per heavy atom. The number of aromatic nitrogens is 1. The van der Waals surface area contributed by atoms with Crippen LogP contribution < -0.4 is 4.84 Å². The monoisotopic (exact) mass is 209 g/mol. The van der Waals surface area contributed by atoms with Gasteiger partial charge in [-0.15, -0.1) is 0 Å². The van der Waals surface area contributed by atoms with Crippen molar-refractivity contribution in [1.29, 1.82) is 0 Å². The zero-order chi connectivity index (χ0) is 10.1. The molecule has 0 saturated heterocycles. The number of hydrogen-bond acceptors (Lipinski definition) is 2. The molecule has 14 heavy (non-hydrogen) atoms. The van der Waals surface area contributed by atoms with E-state index in [1.165, 1.54) is 11.8 Å². The Morgan fingerprint density at radius 3 is 2.93 bits per heavy atom. The molecular formula is C10H8ClNO2. The van der Waals surface area contributed by atoms with Gasteiger partial charge >= 0.3 is 0 Å². The van der Waals surface area contributed by atoms with Crippen LogP contribution in [0.5, 0.6) is 0 Å². The Kier molecular flexibility index (Phi) is 2.17. The first-order valence-electron chi connectivity index (χ1n) is 4.07. The summed E-state index contributed by atoms with van der Waals surface area (Å²) < 4.78 is 1.49. The topological polar surface area (TPSA) is 31.2 Å². The Hall–Kier alpha value is -1.48. The fourth-order valence-corrected chi connectivity index (χ4v) is 1.72. The van der Waals surface area contributed by atoms with E-state index >= 15 is 0 Å². The molecule has 0 aliphatic carbocycles. The predicted molar refractivity (Wildman–Crippen MR) is 54.8 cm³/mol. The summed E-state index contributed by atoms with van der Waals surface area (Å²) in [6, 6.07) is 5.36. The van der Waals surface area contributed by atoms with Crippen LogP contribution in [-0.4, -0.2) is 18.1 Å². The lowest BCUT2D eigenvalue weighted by Gasteiger charge is -2.02. The lowest BCUT2D eigenvalue weighted by atomic mass is 10.2. The van der Waals surface area contributed by atoms with Gasteiger partial charge in [-0.3, -0.25) is 4.79 Å². The van der Waals surface area contributed by atoms with E-state index in [4.69, 9.17) is 16.4 Å². The Balaban J connectivity index is 2.89. The van der Waals surface area contributed by atoms with E-state index in [2.05, 4.69) is 0 Å². The third kappa shape index (κ3) is 1.17. The summed E-state index contributed by atoms with van der Waals surface area (Å²) in [5.41, 5.74) is 1.27. The molecule has 0 atom stereocenters. The predicted octanol–water partition coefficient (Wildman–Crippen LogP) is 2.17. The van der Waals surface area contributed by atoms with Gasteiger partial charge in [-0.1, -0.05) is 23.7 Å². The molecule has 0 N–H and O–H groups in total. The highest BCUT2D eigenvalue weighted by Crippen LogP contribution is 2.26. The molecule has 1 aromatic heterocycles. The van der Waals surface area contributed by atoms with E-state index in [0.29, 0.717) is 16.1 Å². The van der Waals surface area contributed by atoms with Crippen LogP contribution in [0.2, 0.25) is 5.02 Å². The Morgan fingerprint density at radius 1 is 1.50 bits per heavy atom. The van der Waals surface area contributed by atoms with Crippen molar-refractivity contribution < 1.29 is 9.63 Å². The summed E-state index contributed by atoms with van der Waals surface area (Å²) in [6.45, 7) is 0. The number of carbonyl (C=O) groups is 1. The van der Waals surface area contributed by atoms with Crippen LogP contribution in [0.3, 0.4) is 0 Å². The molecule has 0 unspecified atom stereocenters. The van der Waals surface area contributed by atoms with E-state index in [0.717, 1.165) is 11.7 Å². The standard InChI is InChI=1S/C10H8ClNO2/c1-14-12-5-9(11)8-4-2-3-7(6-13)10(8)12/h2-6H,1H3. The molecular weight excluding hydrogens is 202 g/mol. The summed E-state index contributed by atoms with van der Waals surface area (Å²) in [6.07, 6.45) is 2.42. The maximum Gasteiger partial charge on any atom is 0.152 e. The van der Waals surface area contributed by atoms with Gasteiger partial charge in [0.25, 0.3) is 0 Å². The number of benzene rings is 1. The maximum absolute atomic E-state index is 10.8. The fourth-order valence-electron chi connectivity index (χ4n) is 1.48. The van der Waals surface area contributed by atoms with Gasteiger partial charge in [-0.05, 0) is 6.07 Å². The van der Waals surface area contributed by atoms with Crippen molar-refractivity contribution in [2.24, 2.45) is 0 Å². The number of aldehydes is 1. The number of para-hydroxylation sites is 1. The van der Waals surface area contributed by atoms with Gasteiger partial charge in [0.15, 0.2) is 6.29 Å². The number of hydrogen-bond donors (Lipinski definition) is 0. The van der Waals surface area contributed by atoms with Crippen molar-refractivity contribution in [1.82, 2.24) is 4.73 Å². The molecule has 0 bridgehead atoms. The average Bonchev–Trinajstić information content (AvgIpc) is 2.56. The zero-order valence-corrected chi connectivity index (χ0v) is 8.28. The van der Waals surface area contributed by atoms with Crippen LogP contribution in [0.15, 0.2) is 24.4 Å². The lowest BCUT2D eigenvalue weighted by molar-refractivity contribution is 0.112. The zero-order valence-electron chi connectivity index (χ0n) is 7.53. The Labute approximate surface area is 85.8 Å². The van der Waals surface area contributed by atoms with E-state index in [1.807, 2.05) is 6.07 Å². The summed E-state index contributed by atoms with van der Waals surface area (Å²) in [7, 11) is 1.53. The minimum atomic E-state index is 0.566. The van der Waals surface area contributed by atoms with Gasteiger partial charge in [0.1, 0.15) is 7.11 Å². The van der Waals surface area contributed by atoms with Crippen LogP contribution in [0.4, 0.5) is 0 Å². The summed E-state index contributed by atoms with van der Waals surface area (Å²) >= 11 is 5.97. The normalized spacial score (nSPS) is 10.4. The molecule has 2 rings (SSSR count). The quantitative estimate of drug-likeness (QED) is 0.710. The van der Waals surface area contributed by atoms with Crippen molar-refractivity contribution in [3.05, 3.63) is 35.0 Å². The molecule has 1 aromatic carbocycles. The van der Waals surface area contributed by atoms with Crippen molar-refractivity contribution in [2.45, 2.75) is 0 Å². The fraction of sp³-hybridized carbons (Fsp3) is 0.100. The second-order valence-electron chi connectivity index (χ2n) is 2.85. The lowest BCUT2D eigenvalue weighted by Crippen LogP contribution is -2.04. The molecule has 0 radical (unpaired) electrons. The van der Waals surface area contributed by atoms with Gasteiger partial charge in [0, 0.05) is 10.9 Å². The molecule has 0 aliphatic heterocycles. The molecule has 72 valence electrons. The molecule has 0 saturated carbocycles. The highest BCUT2D eigenvalue weighted by atomic mass is 35.5. The molecule has 1 heterocycles. The first-order valence-corrected chi connectivity index (χ1v) is 4.45. The number of rotatable bonds is 2. The molecule has 0 amide bonds. The van der Waals surface area contributed by atoms with Gasteiger partial charge in [0.2, 0.25) is 0 Å². The van der Waals surface area contributed by atoms with E-state index in [9.17, 15) is 4.79 Å². The maximum atomic E-state index is 10.8. The number of halogens is 1. The molecule has 2 aromatic rings. The smallest absolute Gasteiger partial charge is 0.152 e. The number of nitrogens with zero attached hydrogens (tertiary/aromatic N) is 1. The van der Waals surface area contributed by atoms with Gasteiger partial charge in [0.05, 0.1) is 16.7 Å². The minimum Gasteiger partial charge on any atom is -0.417 e. The van der Waals surface area contributed by atoms with Gasteiger partial charge in [-0.2, -0.15) is 4.73 Å². The first-order chi connectivity index (χ1) is 6.77. The third-order valence-corrected chi connectivity index (χ3v) is 2.40. The van der Waals surface area contributed by atoms with Crippen molar-refractivity contribution in [2.75, 3.05) is 7.11 Å². The molecule has 0 spiro atoms. The molecule has 0 fully saturated rings. The molecule has 4 heteroatoms. The molecule has 3 nitrogen and oxygen atoms in total. The highest BCUT2D eigenvalue weighted by Gasteiger charge is 2.10. The van der Waals surface area contributed by atoms with E-state index < -0.39 is 0 Å². The van der Waals surface area contributed by atoms with E-state index in [1.54, 1.807) is 18.3 Å². The second kappa shape index (κ2) is 3.35. The van der Waals surface area contributed by atoms with Gasteiger partial charge in [-0.25, -0.2) is 0 Å². The summed E-state index contributed by atoms with van der Waals surface area (Å²) in [4.78, 5) is 15.9. The van der Waals surface area contributed by atoms with Crippen molar-refractivity contribution in [3.8, 4) is 0 Å². The Bertz CT molecular complexity index is 490. The van der Waals surface area contributed by atoms with Crippen LogP contribution in [0, 0.1) is 0 Å². The van der Waals surface area contributed by atoms with Crippen LogP contribution in [0.1, 0.15) is 10.4 Å². The second-order valence-corrected chi connectivity index (χ2v) is 3.25. The van der Waals surface area contributed by atoms with Crippen LogP contribution in [0.25, 0.3) is 10.9 Å². The van der Waals surface area contributed by atoms with Gasteiger partial charge < -0.3 is 4.84 Å².